The lowest BCUT2D eigenvalue weighted by atomic mass is 9.97. The number of anilines is 3. The molecule has 0 bridgehead atoms. The Labute approximate surface area is 357 Å². The van der Waals surface area contributed by atoms with Crippen LogP contribution in [0, 0.1) is 0 Å². The smallest absolute Gasteiger partial charge is 0.136 e. The van der Waals surface area contributed by atoms with Crippen molar-refractivity contribution in [3.05, 3.63) is 224 Å². The first-order valence-electron chi connectivity index (χ1n) is 20.7. The Bertz CT molecular complexity index is 3610. The van der Waals surface area contributed by atoms with Gasteiger partial charge in [0.2, 0.25) is 0 Å². The van der Waals surface area contributed by atoms with Gasteiger partial charge in [0, 0.05) is 48.0 Å². The van der Waals surface area contributed by atoms with E-state index in [2.05, 4.69) is 217 Å². The van der Waals surface area contributed by atoms with Crippen molar-refractivity contribution in [3.8, 4) is 44.5 Å². The van der Waals surface area contributed by atoms with Crippen molar-refractivity contribution in [1.82, 2.24) is 0 Å². The molecule has 0 saturated heterocycles. The molecule has 0 fully saturated rings. The van der Waals surface area contributed by atoms with E-state index in [0.29, 0.717) is 0 Å². The maximum Gasteiger partial charge on any atom is 0.136 e. The molecule has 0 amide bonds. The number of thiophene rings is 1. The van der Waals surface area contributed by atoms with E-state index in [1.54, 1.807) is 0 Å². The van der Waals surface area contributed by atoms with Gasteiger partial charge >= 0.3 is 0 Å². The number of furan rings is 1. The van der Waals surface area contributed by atoms with Gasteiger partial charge in [-0.3, -0.25) is 0 Å². The Balaban J connectivity index is 0.959. The van der Waals surface area contributed by atoms with E-state index in [9.17, 15) is 0 Å². The van der Waals surface area contributed by atoms with E-state index in [1.807, 2.05) is 23.5 Å². The summed E-state index contributed by atoms with van der Waals surface area (Å²) in [5.74, 6) is 0. The average molecular weight is 796 g/mol. The minimum absolute atomic E-state index is 0.892. The zero-order valence-corrected chi connectivity index (χ0v) is 33.9. The lowest BCUT2D eigenvalue weighted by molar-refractivity contribution is 0.669. The molecule has 0 atom stereocenters. The minimum atomic E-state index is 0.892. The fraction of sp³-hybridized carbons (Fsp3) is 0. The predicted molar refractivity (Wildman–Crippen MR) is 261 cm³/mol. The van der Waals surface area contributed by atoms with Crippen LogP contribution in [0.1, 0.15) is 0 Å². The van der Waals surface area contributed by atoms with Crippen molar-refractivity contribution in [2.24, 2.45) is 0 Å². The van der Waals surface area contributed by atoms with Gasteiger partial charge in [-0.05, 0) is 128 Å². The van der Waals surface area contributed by atoms with Gasteiger partial charge in [0.25, 0.3) is 0 Å². The summed E-state index contributed by atoms with van der Waals surface area (Å²) in [6.45, 7) is 0. The third-order valence-electron chi connectivity index (χ3n) is 12.0. The molecular weight excluding hydrogens is 759 g/mol. The molecule has 0 aliphatic heterocycles. The second-order valence-corrected chi connectivity index (χ2v) is 16.8. The Morgan fingerprint density at radius 2 is 0.885 bits per heavy atom. The zero-order chi connectivity index (χ0) is 40.3. The monoisotopic (exact) mass is 795 g/mol. The first-order valence-corrected chi connectivity index (χ1v) is 21.5. The number of benzene rings is 10. The Morgan fingerprint density at radius 3 is 1.70 bits per heavy atom. The molecule has 2 aromatic heterocycles. The molecule has 61 heavy (non-hydrogen) atoms. The van der Waals surface area contributed by atoms with Crippen molar-refractivity contribution in [2.75, 3.05) is 4.90 Å². The lowest BCUT2D eigenvalue weighted by Crippen LogP contribution is -2.10. The number of nitrogens with zero attached hydrogens (tertiary/aromatic N) is 1. The highest BCUT2D eigenvalue weighted by Gasteiger charge is 2.17. The van der Waals surface area contributed by atoms with Crippen LogP contribution in [0.2, 0.25) is 0 Å². The van der Waals surface area contributed by atoms with Crippen LogP contribution in [0.25, 0.3) is 97.4 Å². The summed E-state index contributed by atoms with van der Waals surface area (Å²) in [4.78, 5) is 2.37. The van der Waals surface area contributed by atoms with Gasteiger partial charge in [0.15, 0.2) is 0 Å². The number of hydrogen-bond acceptors (Lipinski definition) is 3. The Hall–Kier alpha value is -7.72. The van der Waals surface area contributed by atoms with Crippen molar-refractivity contribution in [1.29, 1.82) is 0 Å². The van der Waals surface area contributed by atoms with Crippen molar-refractivity contribution < 1.29 is 4.42 Å². The third kappa shape index (κ3) is 6.26. The first kappa shape index (κ1) is 35.2. The maximum absolute atomic E-state index is 6.32. The van der Waals surface area contributed by atoms with Crippen LogP contribution in [0.3, 0.4) is 0 Å². The summed E-state index contributed by atoms with van der Waals surface area (Å²) in [6, 6.07) is 81.3. The van der Waals surface area contributed by atoms with E-state index in [0.717, 1.165) is 55.7 Å². The molecule has 0 saturated carbocycles. The second kappa shape index (κ2) is 14.5. The molecule has 2 nitrogen and oxygen atoms in total. The van der Waals surface area contributed by atoms with Crippen molar-refractivity contribution in [2.45, 2.75) is 0 Å². The molecule has 286 valence electrons. The molecule has 2 heterocycles. The summed E-state index contributed by atoms with van der Waals surface area (Å²) in [5.41, 5.74) is 14.5. The largest absolute Gasteiger partial charge is 0.456 e. The highest BCUT2D eigenvalue weighted by molar-refractivity contribution is 7.26. The van der Waals surface area contributed by atoms with Gasteiger partial charge < -0.3 is 9.32 Å². The number of rotatable bonds is 7. The fourth-order valence-corrected chi connectivity index (χ4v) is 10.3. The Kier molecular flexibility index (Phi) is 8.39. The van der Waals surface area contributed by atoms with Crippen LogP contribution < -0.4 is 4.90 Å². The van der Waals surface area contributed by atoms with E-state index >= 15 is 0 Å². The molecule has 3 heteroatoms. The third-order valence-corrected chi connectivity index (χ3v) is 13.3. The summed E-state index contributed by atoms with van der Waals surface area (Å²) < 4.78 is 8.96. The van der Waals surface area contributed by atoms with Gasteiger partial charge in [0.05, 0.1) is 0 Å². The van der Waals surface area contributed by atoms with Gasteiger partial charge in [-0.25, -0.2) is 0 Å². The topological polar surface area (TPSA) is 16.4 Å². The number of fused-ring (bicyclic) bond motifs is 7. The standard InChI is InChI=1S/C58H37NOS/c1-2-12-40-33-44(26-25-38(40)11-1)39-27-30-47(31-28-39)59(49-18-9-15-43(36-49)45-29-32-52-51-19-3-5-23-55(51)60-56(52)37-45)48-17-8-14-42(35-48)41-13-7-16-46(34-41)50-21-10-22-54-53-20-4-6-24-57(53)61-58(50)54/h1-37H. The zero-order valence-electron chi connectivity index (χ0n) is 33.1. The normalized spacial score (nSPS) is 11.6. The molecule has 12 rings (SSSR count). The van der Waals surface area contributed by atoms with E-state index in [-0.39, 0.29) is 0 Å². The van der Waals surface area contributed by atoms with E-state index in [4.69, 9.17) is 4.42 Å². The van der Waals surface area contributed by atoms with Crippen LogP contribution in [0.15, 0.2) is 229 Å². The summed E-state index contributed by atoms with van der Waals surface area (Å²) in [7, 11) is 0. The van der Waals surface area contributed by atoms with Crippen molar-refractivity contribution >= 4 is 81.3 Å². The molecule has 0 aliphatic rings. The van der Waals surface area contributed by atoms with Gasteiger partial charge in [-0.1, -0.05) is 152 Å². The predicted octanol–water partition coefficient (Wildman–Crippen LogP) is 17.2. The highest BCUT2D eigenvalue weighted by atomic mass is 32.1. The van der Waals surface area contributed by atoms with Gasteiger partial charge in [0.1, 0.15) is 11.2 Å². The SMILES string of the molecule is c1cc(-c2cccc(N(c3ccc(-c4ccc5ccccc5c4)cc3)c3cccc(-c4ccc5c(c4)oc4ccccc45)c3)c2)cc(-c2cccc3c2sc2ccccc23)c1. The van der Waals surface area contributed by atoms with Crippen LogP contribution >= 0.6 is 11.3 Å². The summed E-state index contributed by atoms with van der Waals surface area (Å²) >= 11 is 1.87. The van der Waals surface area contributed by atoms with Gasteiger partial charge in [-0.15, -0.1) is 11.3 Å². The minimum Gasteiger partial charge on any atom is -0.456 e. The summed E-state index contributed by atoms with van der Waals surface area (Å²) in [5, 5.41) is 7.38. The van der Waals surface area contributed by atoms with Crippen LogP contribution in [-0.4, -0.2) is 0 Å². The van der Waals surface area contributed by atoms with Crippen LogP contribution in [0.5, 0.6) is 0 Å². The van der Waals surface area contributed by atoms with E-state index < -0.39 is 0 Å². The van der Waals surface area contributed by atoms with E-state index in [1.165, 1.54) is 58.8 Å². The molecule has 12 aromatic rings. The molecule has 10 aromatic carbocycles. The second-order valence-electron chi connectivity index (χ2n) is 15.7. The van der Waals surface area contributed by atoms with Crippen LogP contribution in [0.4, 0.5) is 17.1 Å². The molecule has 0 radical (unpaired) electrons. The first-order chi connectivity index (χ1) is 30.2. The van der Waals surface area contributed by atoms with Crippen molar-refractivity contribution in [3.63, 3.8) is 0 Å². The quantitative estimate of drug-likeness (QED) is 0.160. The highest BCUT2D eigenvalue weighted by Crippen LogP contribution is 2.43. The lowest BCUT2D eigenvalue weighted by Gasteiger charge is -2.27. The summed E-state index contributed by atoms with van der Waals surface area (Å²) in [6.07, 6.45) is 0. The average Bonchev–Trinajstić information content (AvgIpc) is 3.90. The molecule has 0 spiro atoms. The molecule has 0 aliphatic carbocycles. The molecular formula is C58H37NOS. The number of hydrogen-bond donors (Lipinski definition) is 0. The fourth-order valence-electron chi connectivity index (χ4n) is 9.01. The maximum atomic E-state index is 6.32. The Morgan fingerprint density at radius 1 is 0.311 bits per heavy atom. The molecule has 0 N–H and O–H groups in total. The molecule has 0 unspecified atom stereocenters. The van der Waals surface area contributed by atoms with Crippen LogP contribution in [-0.2, 0) is 0 Å². The number of para-hydroxylation sites is 1. The van der Waals surface area contributed by atoms with Gasteiger partial charge in [-0.2, -0.15) is 0 Å².